The van der Waals surface area contributed by atoms with Crippen LogP contribution in [0.25, 0.3) is 0 Å². The van der Waals surface area contributed by atoms with Crippen molar-refractivity contribution in [3.63, 3.8) is 0 Å². The van der Waals surface area contributed by atoms with Crippen molar-refractivity contribution >= 4 is 23.9 Å². The van der Waals surface area contributed by atoms with Crippen LogP contribution in [0.2, 0.25) is 0 Å². The number of benzene rings is 3. The number of phenolic OH excluding ortho intramolecular Hbond substituents is 1. The minimum Gasteiger partial charge on any atom is -0.508 e. The molecule has 1 fully saturated rings. The lowest BCUT2D eigenvalue weighted by atomic mass is 9.87. The molecule has 3 aromatic carbocycles. The third-order valence-corrected chi connectivity index (χ3v) is 8.46. The van der Waals surface area contributed by atoms with Gasteiger partial charge in [0.2, 0.25) is 11.8 Å². The third kappa shape index (κ3) is 11.6. The van der Waals surface area contributed by atoms with Gasteiger partial charge in [-0.2, -0.15) is 0 Å². The Bertz CT molecular complexity index is 1650. The molecule has 0 spiro atoms. The molecule has 3 N–H and O–H groups in total. The Hall–Kier alpha value is -4.86. The smallest absolute Gasteiger partial charge is 0.408 e. The van der Waals surface area contributed by atoms with Gasteiger partial charge in [0.15, 0.2) is 0 Å². The number of aromatic hydroxyl groups is 1. The molecule has 0 saturated heterocycles. The monoisotopic (exact) mass is 699 g/mol. The number of hydrogen-bond donors (Lipinski definition) is 3. The molecule has 4 rings (SSSR count). The molecule has 0 bridgehead atoms. The molecule has 0 aromatic heterocycles. The average Bonchev–Trinajstić information content (AvgIpc) is 2.98. The molecule has 0 radical (unpaired) electrons. The highest BCUT2D eigenvalue weighted by molar-refractivity contribution is 5.94. The largest absolute Gasteiger partial charge is 0.508 e. The summed E-state index contributed by atoms with van der Waals surface area (Å²) in [6.45, 7) is 14.4. The first-order valence-electron chi connectivity index (χ1n) is 17.6. The number of aryl methyl sites for hydroxylation is 2. The molecule has 1 aliphatic carbocycles. The predicted octanol–water partition coefficient (Wildman–Crippen LogP) is 6.64. The van der Waals surface area contributed by atoms with Gasteiger partial charge in [-0.05, 0) is 103 Å². The molecular formula is C41H53N3O7. The average molecular weight is 700 g/mol. The number of phenols is 1. The fourth-order valence-electron chi connectivity index (χ4n) is 6.15. The summed E-state index contributed by atoms with van der Waals surface area (Å²) in [6, 6.07) is 17.9. The van der Waals surface area contributed by atoms with Gasteiger partial charge >= 0.3 is 12.1 Å². The number of rotatable bonds is 12. The maximum Gasteiger partial charge on any atom is 0.408 e. The Morgan fingerprint density at radius 3 is 1.84 bits per heavy atom. The molecular weight excluding hydrogens is 646 g/mol. The fourth-order valence-corrected chi connectivity index (χ4v) is 6.15. The first-order chi connectivity index (χ1) is 23.9. The highest BCUT2D eigenvalue weighted by Gasteiger charge is 2.43. The SMILES string of the molecule is Cc1cc(C)cc(C(C(=O)NC(Cc2ccccc2)C(=O)OC(C)(C)C)N(C(=O)C(Cc2ccc(O)cc2)NC(=O)OC(C)(C)C)C2CCC2)c1. The van der Waals surface area contributed by atoms with E-state index >= 15 is 0 Å². The van der Waals surface area contributed by atoms with Gasteiger partial charge in [0.05, 0.1) is 0 Å². The van der Waals surface area contributed by atoms with Crippen molar-refractivity contribution in [3.8, 4) is 5.75 Å². The van der Waals surface area contributed by atoms with E-state index in [1.54, 1.807) is 58.6 Å². The van der Waals surface area contributed by atoms with Crippen molar-refractivity contribution in [2.24, 2.45) is 0 Å². The van der Waals surface area contributed by atoms with Crippen LogP contribution in [0, 0.1) is 13.8 Å². The fraction of sp³-hybridized carbons (Fsp3) is 0.463. The van der Waals surface area contributed by atoms with E-state index < -0.39 is 53.2 Å². The van der Waals surface area contributed by atoms with E-state index in [1.807, 2.05) is 62.4 Å². The summed E-state index contributed by atoms with van der Waals surface area (Å²) in [6.07, 6.45) is 1.69. The van der Waals surface area contributed by atoms with E-state index in [4.69, 9.17) is 9.47 Å². The van der Waals surface area contributed by atoms with Gasteiger partial charge in [0.1, 0.15) is 35.1 Å². The minimum atomic E-state index is -1.13. The summed E-state index contributed by atoms with van der Waals surface area (Å²) in [5, 5.41) is 15.7. The van der Waals surface area contributed by atoms with E-state index in [1.165, 1.54) is 12.1 Å². The van der Waals surface area contributed by atoms with Crippen molar-refractivity contribution in [1.29, 1.82) is 0 Å². The molecule has 3 amide bonds. The van der Waals surface area contributed by atoms with Crippen molar-refractivity contribution in [2.75, 3.05) is 0 Å². The van der Waals surface area contributed by atoms with Crippen LogP contribution in [-0.2, 0) is 36.7 Å². The summed E-state index contributed by atoms with van der Waals surface area (Å²) in [7, 11) is 0. The Balaban J connectivity index is 1.80. The summed E-state index contributed by atoms with van der Waals surface area (Å²) in [5.74, 6) is -1.51. The number of carbonyl (C=O) groups excluding carboxylic acids is 4. The predicted molar refractivity (Wildman–Crippen MR) is 196 cm³/mol. The second kappa shape index (κ2) is 16.4. The quantitative estimate of drug-likeness (QED) is 0.181. The van der Waals surface area contributed by atoms with E-state index in [9.17, 15) is 24.3 Å². The number of ether oxygens (including phenoxy) is 2. The van der Waals surface area contributed by atoms with Crippen LogP contribution < -0.4 is 10.6 Å². The van der Waals surface area contributed by atoms with Gasteiger partial charge in [-0.15, -0.1) is 0 Å². The summed E-state index contributed by atoms with van der Waals surface area (Å²) in [5.41, 5.74) is 2.31. The zero-order valence-electron chi connectivity index (χ0n) is 31.1. The zero-order valence-corrected chi connectivity index (χ0v) is 31.1. The van der Waals surface area contributed by atoms with Gasteiger partial charge in [-0.3, -0.25) is 9.59 Å². The van der Waals surface area contributed by atoms with Crippen LogP contribution in [0.1, 0.15) is 94.7 Å². The molecule has 3 aromatic rings. The zero-order chi connectivity index (χ0) is 37.5. The standard InChI is InChI=1S/C41H53N3O7/c1-26-21-27(2)23-30(22-26)35(36(46)42-34(38(48)50-40(3,4)5)25-28-13-10-9-11-14-28)44(31-15-12-16-31)37(47)33(43-39(49)51-41(6,7)8)24-29-17-19-32(45)20-18-29/h9-11,13-14,17-23,31,33-35,45H,12,15-16,24-25H2,1-8H3,(H,42,46)(H,43,49). The van der Waals surface area contributed by atoms with E-state index in [2.05, 4.69) is 10.6 Å². The Morgan fingerprint density at radius 2 is 1.31 bits per heavy atom. The molecule has 0 aliphatic heterocycles. The van der Waals surface area contributed by atoms with Crippen LogP contribution >= 0.6 is 0 Å². The lowest BCUT2D eigenvalue weighted by molar-refractivity contribution is -0.159. The number of esters is 1. The molecule has 10 nitrogen and oxygen atoms in total. The van der Waals surface area contributed by atoms with Crippen LogP contribution in [0.15, 0.2) is 72.8 Å². The summed E-state index contributed by atoms with van der Waals surface area (Å²) >= 11 is 0. The van der Waals surface area contributed by atoms with E-state index in [0.717, 1.165) is 23.1 Å². The molecule has 3 unspecified atom stereocenters. The maximum absolute atomic E-state index is 15.0. The number of alkyl carbamates (subject to hydrolysis) is 1. The second-order valence-corrected chi connectivity index (χ2v) is 15.5. The Morgan fingerprint density at radius 1 is 0.765 bits per heavy atom. The number of hydrogen-bond acceptors (Lipinski definition) is 7. The van der Waals surface area contributed by atoms with Crippen LogP contribution in [0.5, 0.6) is 5.75 Å². The number of carbonyl (C=O) groups is 4. The van der Waals surface area contributed by atoms with Crippen molar-refractivity contribution < 1.29 is 33.8 Å². The highest BCUT2D eigenvalue weighted by atomic mass is 16.6. The molecule has 1 saturated carbocycles. The van der Waals surface area contributed by atoms with Crippen LogP contribution in [-0.4, -0.2) is 63.2 Å². The van der Waals surface area contributed by atoms with Gasteiger partial charge in [-0.25, -0.2) is 9.59 Å². The van der Waals surface area contributed by atoms with Gasteiger partial charge in [0.25, 0.3) is 0 Å². The van der Waals surface area contributed by atoms with Crippen molar-refractivity contribution in [3.05, 3.63) is 101 Å². The van der Waals surface area contributed by atoms with Gasteiger partial charge in [-0.1, -0.05) is 71.8 Å². The Kier molecular flexibility index (Phi) is 12.6. The maximum atomic E-state index is 15.0. The summed E-state index contributed by atoms with van der Waals surface area (Å²) in [4.78, 5) is 58.2. The van der Waals surface area contributed by atoms with E-state index in [0.29, 0.717) is 24.0 Å². The molecule has 274 valence electrons. The molecule has 10 heteroatoms. The molecule has 0 heterocycles. The van der Waals surface area contributed by atoms with Crippen LogP contribution in [0.4, 0.5) is 4.79 Å². The highest BCUT2D eigenvalue weighted by Crippen LogP contribution is 2.35. The van der Waals surface area contributed by atoms with E-state index in [-0.39, 0.29) is 24.6 Å². The normalized spacial score (nSPS) is 15.1. The first kappa shape index (κ1) is 38.9. The van der Waals surface area contributed by atoms with Crippen molar-refractivity contribution in [2.45, 2.75) is 123 Å². The third-order valence-electron chi connectivity index (χ3n) is 8.46. The second-order valence-electron chi connectivity index (χ2n) is 15.5. The Labute approximate surface area is 301 Å². The number of amides is 3. The molecule has 3 atom stereocenters. The van der Waals surface area contributed by atoms with Crippen LogP contribution in [0.3, 0.4) is 0 Å². The summed E-state index contributed by atoms with van der Waals surface area (Å²) < 4.78 is 11.3. The lowest BCUT2D eigenvalue weighted by Gasteiger charge is -2.44. The molecule has 1 aliphatic rings. The minimum absolute atomic E-state index is 0.0689. The number of nitrogens with zero attached hydrogens (tertiary/aromatic N) is 1. The topological polar surface area (TPSA) is 134 Å². The van der Waals surface area contributed by atoms with Gasteiger partial charge < -0.3 is 30.1 Å². The molecule has 51 heavy (non-hydrogen) atoms. The number of nitrogens with one attached hydrogen (secondary N) is 2. The van der Waals surface area contributed by atoms with Gasteiger partial charge in [0, 0.05) is 18.9 Å². The first-order valence-corrected chi connectivity index (χ1v) is 17.6. The van der Waals surface area contributed by atoms with Crippen molar-refractivity contribution in [1.82, 2.24) is 15.5 Å². The lowest BCUT2D eigenvalue weighted by Crippen LogP contribution is -2.59.